The lowest BCUT2D eigenvalue weighted by Gasteiger charge is -2.20. The van der Waals surface area contributed by atoms with Crippen LogP contribution >= 0.6 is 0 Å². The topological polar surface area (TPSA) is 105 Å². The lowest BCUT2D eigenvalue weighted by atomic mass is 10.2. The second kappa shape index (κ2) is 5.80. The number of aliphatic hydroxyl groups is 1. The zero-order valence-corrected chi connectivity index (χ0v) is 14.4. The van der Waals surface area contributed by atoms with E-state index < -0.39 is 0 Å². The number of aromatic nitrogens is 2. The van der Waals surface area contributed by atoms with Crippen molar-refractivity contribution in [1.29, 1.82) is 5.41 Å². The van der Waals surface area contributed by atoms with Crippen LogP contribution in [0, 0.1) is 12.3 Å². The molecule has 0 bridgehead atoms. The Balaban J connectivity index is 1.74. The molecule has 0 amide bonds. The van der Waals surface area contributed by atoms with Crippen LogP contribution in [-0.2, 0) is 0 Å². The van der Waals surface area contributed by atoms with Gasteiger partial charge in [0.25, 0.3) is 0 Å². The summed E-state index contributed by atoms with van der Waals surface area (Å²) < 4.78 is 5.21. The normalized spacial score (nSPS) is 14.5. The van der Waals surface area contributed by atoms with Gasteiger partial charge in [-0.2, -0.15) is 0 Å². The lowest BCUT2D eigenvalue weighted by Crippen LogP contribution is -2.26. The number of ether oxygens (including phenoxy) is 1. The summed E-state index contributed by atoms with van der Waals surface area (Å²) in [5, 5.41) is 29.1. The highest BCUT2D eigenvalue weighted by molar-refractivity contribution is 6.30. The Morgan fingerprint density at radius 3 is 2.77 bits per heavy atom. The Labute approximate surface area is 149 Å². The SMILES string of the molecule is COc1ccc2nc(C3=C(O)CN(c4cc(C)ccc4O)C3=N)[nH]c2c1. The summed E-state index contributed by atoms with van der Waals surface area (Å²) in [6, 6.07) is 10.6. The number of benzene rings is 2. The number of hydrogen-bond donors (Lipinski definition) is 4. The first-order valence-electron chi connectivity index (χ1n) is 8.10. The number of phenols is 1. The highest BCUT2D eigenvalue weighted by Gasteiger charge is 2.32. The lowest BCUT2D eigenvalue weighted by molar-refractivity contribution is 0.410. The van der Waals surface area contributed by atoms with Gasteiger partial charge in [-0.15, -0.1) is 0 Å². The number of aliphatic hydroxyl groups excluding tert-OH is 1. The summed E-state index contributed by atoms with van der Waals surface area (Å²) in [6.45, 7) is 2.01. The van der Waals surface area contributed by atoms with Crippen molar-refractivity contribution in [2.24, 2.45) is 0 Å². The van der Waals surface area contributed by atoms with Crippen LogP contribution in [0.1, 0.15) is 11.4 Å². The van der Waals surface area contributed by atoms with E-state index in [9.17, 15) is 10.2 Å². The van der Waals surface area contributed by atoms with Gasteiger partial charge in [-0.3, -0.25) is 5.41 Å². The van der Waals surface area contributed by atoms with Gasteiger partial charge in [-0.05, 0) is 36.8 Å². The van der Waals surface area contributed by atoms with Crippen molar-refractivity contribution in [3.05, 3.63) is 53.5 Å². The largest absolute Gasteiger partial charge is 0.509 e. The summed E-state index contributed by atoms with van der Waals surface area (Å²) >= 11 is 0. The van der Waals surface area contributed by atoms with Crippen molar-refractivity contribution < 1.29 is 14.9 Å². The number of H-pyrrole nitrogens is 1. The molecule has 1 aliphatic heterocycles. The molecule has 2 heterocycles. The minimum Gasteiger partial charge on any atom is -0.509 e. The van der Waals surface area contributed by atoms with Gasteiger partial charge in [0.1, 0.15) is 28.9 Å². The summed E-state index contributed by atoms with van der Waals surface area (Å²) in [5.41, 5.74) is 3.22. The maximum Gasteiger partial charge on any atom is 0.145 e. The first kappa shape index (κ1) is 16.0. The first-order valence-corrected chi connectivity index (χ1v) is 8.10. The number of aromatic hydroxyl groups is 1. The minimum absolute atomic E-state index is 0.0296. The quantitative estimate of drug-likeness (QED) is 0.580. The number of amidine groups is 1. The van der Waals surface area contributed by atoms with Crippen LogP contribution in [0.15, 0.2) is 42.2 Å². The molecule has 26 heavy (non-hydrogen) atoms. The fraction of sp³-hybridized carbons (Fsp3) is 0.158. The zero-order chi connectivity index (χ0) is 18.4. The Kier molecular flexibility index (Phi) is 3.57. The number of hydrogen-bond acceptors (Lipinski definition) is 5. The molecule has 0 radical (unpaired) electrons. The molecular weight excluding hydrogens is 332 g/mol. The van der Waals surface area contributed by atoms with Crippen LogP contribution in [0.3, 0.4) is 0 Å². The highest BCUT2D eigenvalue weighted by Crippen LogP contribution is 2.36. The molecule has 2 aromatic carbocycles. The molecule has 3 aromatic rings. The average Bonchev–Trinajstić information content (AvgIpc) is 3.16. The van der Waals surface area contributed by atoms with E-state index in [-0.39, 0.29) is 23.9 Å². The van der Waals surface area contributed by atoms with Gasteiger partial charge in [0.15, 0.2) is 0 Å². The predicted octanol–water partition coefficient (Wildman–Crippen LogP) is 3.35. The Hall–Kier alpha value is -3.48. The number of methoxy groups -OCH3 is 1. The number of aryl methyl sites for hydroxylation is 1. The number of nitrogens with one attached hydrogen (secondary N) is 2. The van der Waals surface area contributed by atoms with Gasteiger partial charge in [0, 0.05) is 6.07 Å². The second-order valence-corrected chi connectivity index (χ2v) is 6.22. The fourth-order valence-electron chi connectivity index (χ4n) is 3.12. The van der Waals surface area contributed by atoms with E-state index in [1.807, 2.05) is 19.1 Å². The van der Waals surface area contributed by atoms with Crippen molar-refractivity contribution >= 4 is 28.1 Å². The van der Waals surface area contributed by atoms with Crippen LogP contribution in [0.2, 0.25) is 0 Å². The Morgan fingerprint density at radius 1 is 1.19 bits per heavy atom. The number of fused-ring (bicyclic) bond motifs is 1. The van der Waals surface area contributed by atoms with Crippen LogP contribution in [0.4, 0.5) is 5.69 Å². The third-order valence-corrected chi connectivity index (χ3v) is 4.45. The number of rotatable bonds is 3. The van der Waals surface area contributed by atoms with Gasteiger partial charge < -0.3 is 24.8 Å². The molecule has 4 N–H and O–H groups in total. The summed E-state index contributed by atoms with van der Waals surface area (Å²) in [5.74, 6) is 1.27. The van der Waals surface area contributed by atoms with E-state index in [1.165, 1.54) is 0 Å². The zero-order valence-electron chi connectivity index (χ0n) is 14.4. The van der Waals surface area contributed by atoms with Gasteiger partial charge in [0.05, 0.1) is 35.9 Å². The Morgan fingerprint density at radius 2 is 2.00 bits per heavy atom. The van der Waals surface area contributed by atoms with E-state index in [0.29, 0.717) is 28.4 Å². The molecule has 4 rings (SSSR count). The Bertz CT molecular complexity index is 1070. The molecule has 132 valence electrons. The predicted molar refractivity (Wildman–Crippen MR) is 100 cm³/mol. The van der Waals surface area contributed by atoms with E-state index >= 15 is 0 Å². The monoisotopic (exact) mass is 350 g/mol. The molecular formula is C19H18N4O3. The van der Waals surface area contributed by atoms with E-state index in [4.69, 9.17) is 10.1 Å². The molecule has 0 saturated carbocycles. The highest BCUT2D eigenvalue weighted by atomic mass is 16.5. The summed E-state index contributed by atoms with van der Waals surface area (Å²) in [7, 11) is 1.59. The van der Waals surface area contributed by atoms with E-state index in [0.717, 1.165) is 11.1 Å². The van der Waals surface area contributed by atoms with Crippen molar-refractivity contribution in [2.75, 3.05) is 18.6 Å². The van der Waals surface area contributed by atoms with Crippen LogP contribution in [-0.4, -0.2) is 39.7 Å². The van der Waals surface area contributed by atoms with Gasteiger partial charge in [0.2, 0.25) is 0 Å². The molecule has 0 atom stereocenters. The second-order valence-electron chi connectivity index (χ2n) is 6.22. The van der Waals surface area contributed by atoms with Gasteiger partial charge >= 0.3 is 0 Å². The van der Waals surface area contributed by atoms with Crippen LogP contribution in [0.5, 0.6) is 11.5 Å². The standard InChI is InChI=1S/C19H18N4O3/c1-10-3-6-15(24)14(7-10)23-9-16(25)17(18(23)20)19-21-12-5-4-11(26-2)8-13(12)22-19/h3-8,20,24-25H,9H2,1-2H3,(H,21,22). The molecule has 1 aromatic heterocycles. The maximum atomic E-state index is 10.5. The van der Waals surface area contributed by atoms with Crippen molar-refractivity contribution in [3.8, 4) is 11.5 Å². The first-order chi connectivity index (χ1) is 12.5. The average molecular weight is 350 g/mol. The molecule has 0 spiro atoms. The maximum absolute atomic E-state index is 10.5. The summed E-state index contributed by atoms with van der Waals surface area (Å²) in [6.07, 6.45) is 0. The third kappa shape index (κ3) is 2.45. The number of aromatic amines is 1. The molecule has 0 aliphatic carbocycles. The molecule has 7 nitrogen and oxygen atoms in total. The van der Waals surface area contributed by atoms with Crippen molar-refractivity contribution in [2.45, 2.75) is 6.92 Å². The molecule has 0 fully saturated rings. The smallest absolute Gasteiger partial charge is 0.145 e. The molecule has 7 heteroatoms. The summed E-state index contributed by atoms with van der Waals surface area (Å²) in [4.78, 5) is 9.17. The fourth-order valence-corrected chi connectivity index (χ4v) is 3.12. The van der Waals surface area contributed by atoms with Gasteiger partial charge in [-0.1, -0.05) is 6.07 Å². The number of anilines is 1. The molecule has 1 aliphatic rings. The number of imidazole rings is 1. The van der Waals surface area contributed by atoms with E-state index in [1.54, 1.807) is 36.3 Å². The van der Waals surface area contributed by atoms with Crippen molar-refractivity contribution in [1.82, 2.24) is 9.97 Å². The molecule has 0 saturated heterocycles. The number of phenolic OH excluding ortho intramolecular Hbond substituents is 1. The third-order valence-electron chi connectivity index (χ3n) is 4.45. The van der Waals surface area contributed by atoms with Gasteiger partial charge in [-0.25, -0.2) is 4.98 Å². The minimum atomic E-state index is 0.0296. The van der Waals surface area contributed by atoms with Crippen LogP contribution < -0.4 is 9.64 Å². The van der Waals surface area contributed by atoms with Crippen LogP contribution in [0.25, 0.3) is 16.6 Å². The van der Waals surface area contributed by atoms with E-state index in [2.05, 4.69) is 9.97 Å². The van der Waals surface area contributed by atoms with Crippen molar-refractivity contribution in [3.63, 3.8) is 0 Å². The number of nitrogens with zero attached hydrogens (tertiary/aromatic N) is 2. The molecule has 0 unspecified atom stereocenters.